The number of rotatable bonds is 5. The van der Waals surface area contributed by atoms with Crippen LogP contribution in [0.4, 0.5) is 5.69 Å². The van der Waals surface area contributed by atoms with Gasteiger partial charge in [0.1, 0.15) is 6.04 Å². The summed E-state index contributed by atoms with van der Waals surface area (Å²) in [6.45, 7) is 0. The monoisotopic (exact) mass is 390 g/mol. The average Bonchev–Trinajstić information content (AvgIpc) is 3.00. The highest BCUT2D eigenvalue weighted by Crippen LogP contribution is 2.45. The molecule has 1 aliphatic heterocycles. The van der Waals surface area contributed by atoms with Crippen LogP contribution in [0.25, 0.3) is 10.9 Å². The highest BCUT2D eigenvalue weighted by molar-refractivity contribution is 8.03. The Labute approximate surface area is 172 Å². The number of hydrogen-bond acceptors (Lipinski definition) is 3. The van der Waals surface area contributed by atoms with Gasteiger partial charge >= 0.3 is 0 Å². The van der Waals surface area contributed by atoms with Gasteiger partial charge in [0, 0.05) is 36.0 Å². The molecule has 0 N–H and O–H groups in total. The molecule has 0 saturated heterocycles. The third kappa shape index (κ3) is 3.80. The van der Waals surface area contributed by atoms with Crippen molar-refractivity contribution in [3.05, 3.63) is 77.5 Å². The number of fused-ring (bicyclic) bond motifs is 2. The smallest absolute Gasteiger partial charge is 0.110 e. The molecular formula is C24H28N3S+. The molecule has 0 bridgehead atoms. The van der Waals surface area contributed by atoms with Gasteiger partial charge < -0.3 is 9.38 Å². The first-order valence-corrected chi connectivity index (χ1v) is 10.6. The molecule has 1 atom stereocenters. The number of likely N-dealkylation sites (N-methyl/N-ethyl adjacent to an activating group) is 1. The van der Waals surface area contributed by atoms with Crippen LogP contribution in [0, 0.1) is 0 Å². The number of benzene rings is 2. The van der Waals surface area contributed by atoms with Crippen molar-refractivity contribution in [3.8, 4) is 0 Å². The second-order valence-electron chi connectivity index (χ2n) is 8.34. The number of aromatic nitrogens is 1. The molecule has 0 spiro atoms. The predicted molar refractivity (Wildman–Crippen MR) is 121 cm³/mol. The van der Waals surface area contributed by atoms with Crippen LogP contribution in [0.15, 0.2) is 76.8 Å². The topological polar surface area (TPSA) is 16.1 Å². The molecule has 0 aliphatic carbocycles. The standard InChI is InChI=1S/C24H28N3S/c1-26-22-11-7-8-12-23(22)28-24(26)17-19(27(2,3)4)14-13-18-15-16-25-21-10-6-5-9-20(18)21/h5-12,15-17,19H,13-14H2,1-4H3/q+1. The third-order valence-electron chi connectivity index (χ3n) is 5.55. The van der Waals surface area contributed by atoms with Gasteiger partial charge in [0.15, 0.2) is 0 Å². The van der Waals surface area contributed by atoms with E-state index < -0.39 is 0 Å². The molecule has 1 unspecified atom stereocenters. The first-order valence-electron chi connectivity index (χ1n) is 9.79. The van der Waals surface area contributed by atoms with Gasteiger partial charge in [-0.05, 0) is 36.2 Å². The maximum atomic E-state index is 4.51. The second kappa shape index (κ2) is 7.61. The molecule has 0 radical (unpaired) electrons. The molecule has 4 rings (SSSR count). The summed E-state index contributed by atoms with van der Waals surface area (Å²) in [6.07, 6.45) is 6.56. The van der Waals surface area contributed by atoms with Crippen molar-refractivity contribution in [3.63, 3.8) is 0 Å². The van der Waals surface area contributed by atoms with Crippen LogP contribution in [-0.4, -0.2) is 43.7 Å². The lowest BCUT2D eigenvalue weighted by Crippen LogP contribution is -2.44. The van der Waals surface area contributed by atoms with Crippen molar-refractivity contribution >= 4 is 28.4 Å². The molecule has 144 valence electrons. The molecule has 28 heavy (non-hydrogen) atoms. The van der Waals surface area contributed by atoms with E-state index in [9.17, 15) is 0 Å². The number of thioether (sulfide) groups is 1. The normalized spacial score (nSPS) is 16.6. The van der Waals surface area contributed by atoms with E-state index in [2.05, 4.69) is 98.7 Å². The Bertz CT molecular complexity index is 1010. The van der Waals surface area contributed by atoms with Gasteiger partial charge in [0.2, 0.25) is 0 Å². The van der Waals surface area contributed by atoms with E-state index in [1.54, 1.807) is 0 Å². The largest absolute Gasteiger partial charge is 0.338 e. The molecule has 0 amide bonds. The van der Waals surface area contributed by atoms with E-state index in [0.29, 0.717) is 6.04 Å². The SMILES string of the molecule is CN1C(=CC(CCc2ccnc3ccccc23)[N+](C)(C)C)Sc2ccccc21. The number of nitrogens with zero attached hydrogens (tertiary/aromatic N) is 3. The number of pyridine rings is 1. The fraction of sp³-hybridized carbons (Fsp3) is 0.292. The van der Waals surface area contributed by atoms with E-state index >= 15 is 0 Å². The number of anilines is 1. The Balaban J connectivity index is 1.58. The van der Waals surface area contributed by atoms with Crippen LogP contribution in [0.3, 0.4) is 0 Å². The minimum Gasteiger partial charge on any atom is -0.338 e. The first kappa shape index (κ1) is 19.0. The fourth-order valence-electron chi connectivity index (χ4n) is 3.80. The Morgan fingerprint density at radius 3 is 2.57 bits per heavy atom. The second-order valence-corrected chi connectivity index (χ2v) is 9.41. The van der Waals surface area contributed by atoms with Crippen molar-refractivity contribution in [2.24, 2.45) is 0 Å². The Morgan fingerprint density at radius 1 is 1.04 bits per heavy atom. The maximum absolute atomic E-state index is 4.51. The molecule has 1 aromatic heterocycles. The minimum atomic E-state index is 0.436. The highest BCUT2D eigenvalue weighted by Gasteiger charge is 2.27. The van der Waals surface area contributed by atoms with Crippen LogP contribution in [0.2, 0.25) is 0 Å². The van der Waals surface area contributed by atoms with Crippen LogP contribution in [0.5, 0.6) is 0 Å². The summed E-state index contributed by atoms with van der Waals surface area (Å²) in [5.74, 6) is 0. The Morgan fingerprint density at radius 2 is 1.79 bits per heavy atom. The zero-order valence-corrected chi connectivity index (χ0v) is 17.9. The zero-order valence-electron chi connectivity index (χ0n) is 17.1. The van der Waals surface area contributed by atoms with Gasteiger partial charge in [-0.2, -0.15) is 0 Å². The van der Waals surface area contributed by atoms with Gasteiger partial charge in [-0.3, -0.25) is 4.98 Å². The fourth-order valence-corrected chi connectivity index (χ4v) is 4.94. The van der Waals surface area contributed by atoms with Crippen molar-refractivity contribution < 1.29 is 4.48 Å². The highest BCUT2D eigenvalue weighted by atomic mass is 32.2. The molecule has 3 nitrogen and oxygen atoms in total. The average molecular weight is 391 g/mol. The van der Waals surface area contributed by atoms with Crippen molar-refractivity contribution in [2.75, 3.05) is 33.1 Å². The number of quaternary nitrogens is 1. The summed E-state index contributed by atoms with van der Waals surface area (Å²) in [4.78, 5) is 8.18. The summed E-state index contributed by atoms with van der Waals surface area (Å²) in [6, 6.07) is 19.7. The lowest BCUT2D eigenvalue weighted by molar-refractivity contribution is -0.889. The van der Waals surface area contributed by atoms with Crippen LogP contribution in [-0.2, 0) is 6.42 Å². The van der Waals surface area contributed by atoms with Crippen LogP contribution < -0.4 is 4.90 Å². The number of hydrogen-bond donors (Lipinski definition) is 0. The molecule has 2 aromatic carbocycles. The lowest BCUT2D eigenvalue weighted by atomic mass is 10.00. The third-order valence-corrected chi connectivity index (χ3v) is 6.73. The quantitative estimate of drug-likeness (QED) is 0.548. The number of para-hydroxylation sites is 2. The van der Waals surface area contributed by atoms with E-state index in [0.717, 1.165) is 22.8 Å². The summed E-state index contributed by atoms with van der Waals surface area (Å²) in [5, 5.41) is 2.61. The van der Waals surface area contributed by atoms with E-state index in [4.69, 9.17) is 0 Å². The maximum Gasteiger partial charge on any atom is 0.110 e. The number of aryl methyl sites for hydroxylation is 1. The van der Waals surface area contributed by atoms with E-state index in [1.807, 2.05) is 18.0 Å². The molecule has 1 aliphatic rings. The summed E-state index contributed by atoms with van der Waals surface area (Å²) >= 11 is 1.88. The summed E-state index contributed by atoms with van der Waals surface area (Å²) < 4.78 is 0.914. The summed E-state index contributed by atoms with van der Waals surface area (Å²) in [7, 11) is 9.05. The lowest BCUT2D eigenvalue weighted by Gasteiger charge is -2.33. The van der Waals surface area contributed by atoms with Gasteiger partial charge in [-0.25, -0.2) is 0 Å². The molecule has 3 aromatic rings. The molecule has 2 heterocycles. The Kier molecular flexibility index (Phi) is 5.17. The first-order chi connectivity index (χ1) is 13.4. The molecule has 0 saturated carbocycles. The van der Waals surface area contributed by atoms with Crippen molar-refractivity contribution in [1.29, 1.82) is 0 Å². The Hall–Kier alpha value is -2.30. The minimum absolute atomic E-state index is 0.436. The molecular weight excluding hydrogens is 362 g/mol. The van der Waals surface area contributed by atoms with E-state index in [-0.39, 0.29) is 0 Å². The van der Waals surface area contributed by atoms with Gasteiger partial charge in [-0.1, -0.05) is 42.1 Å². The molecule has 0 fully saturated rings. The van der Waals surface area contributed by atoms with Gasteiger partial charge in [0.25, 0.3) is 0 Å². The zero-order chi connectivity index (χ0) is 19.7. The van der Waals surface area contributed by atoms with Crippen molar-refractivity contribution in [2.45, 2.75) is 23.8 Å². The van der Waals surface area contributed by atoms with Gasteiger partial charge in [0.05, 0.1) is 37.4 Å². The van der Waals surface area contributed by atoms with Crippen LogP contribution in [0.1, 0.15) is 12.0 Å². The van der Waals surface area contributed by atoms with Gasteiger partial charge in [-0.15, -0.1) is 0 Å². The molecule has 4 heteroatoms. The van der Waals surface area contributed by atoms with Crippen LogP contribution >= 0.6 is 11.8 Å². The van der Waals surface area contributed by atoms with E-state index in [1.165, 1.54) is 26.6 Å². The van der Waals surface area contributed by atoms with Crippen molar-refractivity contribution in [1.82, 2.24) is 4.98 Å². The summed E-state index contributed by atoms with van der Waals surface area (Å²) in [5.41, 5.74) is 3.78. The predicted octanol–water partition coefficient (Wildman–Crippen LogP) is 5.33.